The van der Waals surface area contributed by atoms with Crippen LogP contribution in [0, 0.1) is 5.92 Å². The largest absolute Gasteiger partial charge is 0.504 e. The third-order valence-electron chi connectivity index (χ3n) is 2.17. The Labute approximate surface area is 88.1 Å². The molecule has 0 aliphatic rings. The van der Waals surface area contributed by atoms with Gasteiger partial charge in [0.15, 0.2) is 11.5 Å². The van der Waals surface area contributed by atoms with Crippen molar-refractivity contribution >= 4 is 6.29 Å². The Morgan fingerprint density at radius 3 is 2.73 bits per heavy atom. The van der Waals surface area contributed by atoms with Crippen LogP contribution >= 0.6 is 0 Å². The van der Waals surface area contributed by atoms with E-state index >= 15 is 0 Å². The first-order valence-electron chi connectivity index (χ1n) is 4.63. The second kappa shape index (κ2) is 5.36. The lowest BCUT2D eigenvalue weighted by Crippen LogP contribution is -2.10. The number of phenolic OH excluding ortho intramolecular Hbond substituents is 1. The quantitative estimate of drug-likeness (QED) is 0.704. The molecule has 0 saturated heterocycles. The van der Waals surface area contributed by atoms with Gasteiger partial charge in [0.1, 0.15) is 6.29 Å². The Morgan fingerprint density at radius 1 is 1.53 bits per heavy atom. The standard InChI is InChI=1S/C11H14O4/c1-15-11-3-2-8(5-10(11)14)4-9(6-12)7-13/h2-3,5-6,9,13-14H,4,7H2,1H3. The van der Waals surface area contributed by atoms with E-state index < -0.39 is 5.92 Å². The number of hydrogen-bond acceptors (Lipinski definition) is 4. The second-order valence-electron chi connectivity index (χ2n) is 3.29. The zero-order chi connectivity index (χ0) is 11.3. The molecule has 2 N–H and O–H groups in total. The minimum atomic E-state index is -0.419. The molecule has 1 aromatic carbocycles. The predicted molar refractivity (Wildman–Crippen MR) is 55.0 cm³/mol. The van der Waals surface area contributed by atoms with Gasteiger partial charge in [-0.25, -0.2) is 0 Å². The molecule has 1 aromatic rings. The Morgan fingerprint density at radius 2 is 2.27 bits per heavy atom. The summed E-state index contributed by atoms with van der Waals surface area (Å²) >= 11 is 0. The van der Waals surface area contributed by atoms with E-state index in [0.29, 0.717) is 18.5 Å². The molecule has 0 aliphatic heterocycles. The topological polar surface area (TPSA) is 66.8 Å². The van der Waals surface area contributed by atoms with Crippen molar-refractivity contribution in [3.8, 4) is 11.5 Å². The third-order valence-corrected chi connectivity index (χ3v) is 2.17. The number of aliphatic hydroxyl groups is 1. The summed E-state index contributed by atoms with van der Waals surface area (Å²) in [6.07, 6.45) is 1.12. The maximum atomic E-state index is 10.5. The molecular formula is C11H14O4. The maximum Gasteiger partial charge on any atom is 0.160 e. The van der Waals surface area contributed by atoms with Crippen LogP contribution in [0.1, 0.15) is 5.56 Å². The fourth-order valence-corrected chi connectivity index (χ4v) is 1.32. The average Bonchev–Trinajstić information content (AvgIpc) is 2.26. The van der Waals surface area contributed by atoms with E-state index in [1.165, 1.54) is 13.2 Å². The zero-order valence-electron chi connectivity index (χ0n) is 8.51. The zero-order valence-corrected chi connectivity index (χ0v) is 8.51. The number of methoxy groups -OCH3 is 1. The molecule has 1 atom stereocenters. The summed E-state index contributed by atoms with van der Waals surface area (Å²) in [4.78, 5) is 10.5. The van der Waals surface area contributed by atoms with E-state index in [2.05, 4.69) is 0 Å². The molecule has 0 aliphatic carbocycles. The van der Waals surface area contributed by atoms with Gasteiger partial charge in [0, 0.05) is 5.92 Å². The van der Waals surface area contributed by atoms with Crippen molar-refractivity contribution in [3.63, 3.8) is 0 Å². The van der Waals surface area contributed by atoms with Crippen LogP contribution in [0.4, 0.5) is 0 Å². The molecule has 0 saturated carbocycles. The summed E-state index contributed by atoms with van der Waals surface area (Å²) < 4.78 is 4.89. The lowest BCUT2D eigenvalue weighted by molar-refractivity contribution is -0.112. The van der Waals surface area contributed by atoms with Crippen molar-refractivity contribution in [3.05, 3.63) is 23.8 Å². The van der Waals surface area contributed by atoms with Gasteiger partial charge in [-0.3, -0.25) is 0 Å². The maximum absolute atomic E-state index is 10.5. The molecule has 0 radical (unpaired) electrons. The SMILES string of the molecule is COc1ccc(CC(C=O)CO)cc1O. The summed E-state index contributed by atoms with van der Waals surface area (Å²) in [5, 5.41) is 18.3. The molecule has 0 bridgehead atoms. The number of benzene rings is 1. The van der Waals surface area contributed by atoms with Crippen molar-refractivity contribution in [1.29, 1.82) is 0 Å². The van der Waals surface area contributed by atoms with E-state index in [4.69, 9.17) is 9.84 Å². The summed E-state index contributed by atoms with van der Waals surface area (Å²) in [7, 11) is 1.47. The van der Waals surface area contributed by atoms with Crippen molar-refractivity contribution in [1.82, 2.24) is 0 Å². The van der Waals surface area contributed by atoms with Gasteiger partial charge >= 0.3 is 0 Å². The Balaban J connectivity index is 2.78. The van der Waals surface area contributed by atoms with E-state index in [1.54, 1.807) is 12.1 Å². The number of aromatic hydroxyl groups is 1. The molecule has 0 amide bonds. The number of carbonyl (C=O) groups is 1. The van der Waals surface area contributed by atoms with Crippen LogP contribution in [0.15, 0.2) is 18.2 Å². The summed E-state index contributed by atoms with van der Waals surface area (Å²) in [6, 6.07) is 4.92. The number of ether oxygens (including phenoxy) is 1. The molecule has 0 spiro atoms. The highest BCUT2D eigenvalue weighted by Crippen LogP contribution is 2.26. The van der Waals surface area contributed by atoms with E-state index in [0.717, 1.165) is 5.56 Å². The second-order valence-corrected chi connectivity index (χ2v) is 3.29. The van der Waals surface area contributed by atoms with Gasteiger partial charge in [-0.05, 0) is 24.1 Å². The van der Waals surface area contributed by atoms with Crippen LogP contribution in [-0.2, 0) is 11.2 Å². The minimum absolute atomic E-state index is 0.0394. The number of carbonyl (C=O) groups excluding carboxylic acids is 1. The first-order chi connectivity index (χ1) is 7.21. The Bertz CT molecular complexity index is 335. The van der Waals surface area contributed by atoms with Crippen LogP contribution in [0.25, 0.3) is 0 Å². The van der Waals surface area contributed by atoms with Crippen LogP contribution < -0.4 is 4.74 Å². The molecule has 4 nitrogen and oxygen atoms in total. The van der Waals surface area contributed by atoms with Crippen molar-refractivity contribution in [2.24, 2.45) is 5.92 Å². The van der Waals surface area contributed by atoms with E-state index in [9.17, 15) is 9.90 Å². The van der Waals surface area contributed by atoms with Crippen molar-refractivity contribution in [2.45, 2.75) is 6.42 Å². The number of aliphatic hydroxyl groups excluding tert-OH is 1. The van der Waals surface area contributed by atoms with E-state index in [1.807, 2.05) is 0 Å². The molecule has 0 aromatic heterocycles. The summed E-state index contributed by atoms with van der Waals surface area (Å²) in [5.74, 6) is 0.0146. The minimum Gasteiger partial charge on any atom is -0.504 e. The van der Waals surface area contributed by atoms with Gasteiger partial charge in [0.2, 0.25) is 0 Å². The van der Waals surface area contributed by atoms with Gasteiger partial charge in [-0.1, -0.05) is 6.07 Å². The van der Waals surface area contributed by atoms with Gasteiger partial charge in [0.25, 0.3) is 0 Å². The molecule has 1 rings (SSSR count). The highest BCUT2D eigenvalue weighted by Gasteiger charge is 2.09. The number of hydrogen-bond donors (Lipinski definition) is 2. The first kappa shape index (κ1) is 11.5. The molecule has 0 fully saturated rings. The molecule has 1 unspecified atom stereocenters. The smallest absolute Gasteiger partial charge is 0.160 e. The van der Waals surface area contributed by atoms with Crippen LogP contribution in [0.5, 0.6) is 11.5 Å². The molecule has 4 heteroatoms. The lowest BCUT2D eigenvalue weighted by Gasteiger charge is -2.08. The normalized spacial score (nSPS) is 12.1. The predicted octanol–water partition coefficient (Wildman–Crippen LogP) is 0.751. The van der Waals surface area contributed by atoms with Gasteiger partial charge in [0.05, 0.1) is 13.7 Å². The molecule has 82 valence electrons. The number of rotatable bonds is 5. The van der Waals surface area contributed by atoms with Crippen molar-refractivity contribution in [2.75, 3.05) is 13.7 Å². The lowest BCUT2D eigenvalue weighted by atomic mass is 10.0. The van der Waals surface area contributed by atoms with Gasteiger partial charge < -0.3 is 19.7 Å². The first-order valence-corrected chi connectivity index (χ1v) is 4.63. The number of aldehydes is 1. The summed E-state index contributed by atoms with van der Waals surface area (Å²) in [6.45, 7) is -0.184. The van der Waals surface area contributed by atoms with Gasteiger partial charge in [-0.2, -0.15) is 0 Å². The third kappa shape index (κ3) is 2.95. The Kier molecular flexibility index (Phi) is 4.12. The highest BCUT2D eigenvalue weighted by atomic mass is 16.5. The number of phenols is 1. The van der Waals surface area contributed by atoms with Crippen LogP contribution in [0.3, 0.4) is 0 Å². The fraction of sp³-hybridized carbons (Fsp3) is 0.364. The molecule has 15 heavy (non-hydrogen) atoms. The average molecular weight is 210 g/mol. The Hall–Kier alpha value is -1.55. The van der Waals surface area contributed by atoms with Crippen molar-refractivity contribution < 1.29 is 19.7 Å². The monoisotopic (exact) mass is 210 g/mol. The summed E-state index contributed by atoms with van der Waals surface area (Å²) in [5.41, 5.74) is 0.791. The molecular weight excluding hydrogens is 196 g/mol. The van der Waals surface area contributed by atoms with Crippen LogP contribution in [-0.4, -0.2) is 30.2 Å². The van der Waals surface area contributed by atoms with Gasteiger partial charge in [-0.15, -0.1) is 0 Å². The molecule has 0 heterocycles. The fourth-order valence-electron chi connectivity index (χ4n) is 1.32. The highest BCUT2D eigenvalue weighted by molar-refractivity contribution is 5.55. The van der Waals surface area contributed by atoms with Crippen LogP contribution in [0.2, 0.25) is 0 Å². The van der Waals surface area contributed by atoms with E-state index in [-0.39, 0.29) is 12.4 Å².